The minimum atomic E-state index is 0.346. The third kappa shape index (κ3) is 2.00. The van der Waals surface area contributed by atoms with Gasteiger partial charge in [-0.15, -0.1) is 0 Å². The third-order valence-corrected chi connectivity index (χ3v) is 3.12. The molecule has 2 N–H and O–H groups in total. The molecule has 0 aromatic carbocycles. The summed E-state index contributed by atoms with van der Waals surface area (Å²) in [5.41, 5.74) is 8.01. The maximum Gasteiger partial charge on any atom is 0.131 e. The molecular formula is C13H21N5. The van der Waals surface area contributed by atoms with Gasteiger partial charge < -0.3 is 10.3 Å². The molecule has 0 unspecified atom stereocenters. The number of aryl methyl sites for hydroxylation is 1. The number of nitrogen functional groups attached to an aromatic ring is 1. The van der Waals surface area contributed by atoms with Crippen LogP contribution in [0.3, 0.4) is 0 Å². The Labute approximate surface area is 108 Å². The smallest absolute Gasteiger partial charge is 0.131 e. The van der Waals surface area contributed by atoms with Crippen molar-refractivity contribution in [2.75, 3.05) is 5.73 Å². The van der Waals surface area contributed by atoms with Gasteiger partial charge in [0.15, 0.2) is 0 Å². The summed E-state index contributed by atoms with van der Waals surface area (Å²) in [6.45, 7) is 9.22. The van der Waals surface area contributed by atoms with Crippen molar-refractivity contribution < 1.29 is 0 Å². The van der Waals surface area contributed by atoms with Crippen LogP contribution in [0.5, 0.6) is 0 Å². The molecule has 98 valence electrons. The first-order valence-corrected chi connectivity index (χ1v) is 6.47. The van der Waals surface area contributed by atoms with Crippen molar-refractivity contribution in [3.05, 3.63) is 18.2 Å². The van der Waals surface area contributed by atoms with E-state index in [4.69, 9.17) is 5.73 Å². The Morgan fingerprint density at radius 3 is 2.50 bits per heavy atom. The van der Waals surface area contributed by atoms with E-state index < -0.39 is 0 Å². The third-order valence-electron chi connectivity index (χ3n) is 3.12. The molecule has 5 heteroatoms. The number of hydrogen-bond donors (Lipinski definition) is 1. The van der Waals surface area contributed by atoms with Gasteiger partial charge in [-0.25, -0.2) is 4.98 Å². The number of anilines is 1. The molecule has 5 nitrogen and oxygen atoms in total. The predicted molar refractivity (Wildman–Crippen MR) is 73.3 cm³/mol. The molecule has 2 rings (SSSR count). The first-order chi connectivity index (χ1) is 8.58. The average molecular weight is 247 g/mol. The Hall–Kier alpha value is -1.78. The summed E-state index contributed by atoms with van der Waals surface area (Å²) in [6.07, 6.45) is 4.72. The molecule has 0 spiro atoms. The maximum atomic E-state index is 6.17. The lowest BCUT2D eigenvalue weighted by Crippen LogP contribution is -2.04. The standard InChI is InChI=1S/C13H21N5/c1-5-11-16-12(13(14)17(11)6-2)10-7-15-18(8-10)9(3)4/h7-9H,5-6,14H2,1-4H3. The Balaban J connectivity index is 2.46. The second-order valence-electron chi connectivity index (χ2n) is 4.66. The van der Waals surface area contributed by atoms with E-state index in [1.54, 1.807) is 0 Å². The summed E-state index contributed by atoms with van der Waals surface area (Å²) in [5, 5.41) is 4.34. The summed E-state index contributed by atoms with van der Waals surface area (Å²) in [4.78, 5) is 4.63. The van der Waals surface area contributed by atoms with E-state index in [2.05, 4.69) is 42.3 Å². The zero-order valence-corrected chi connectivity index (χ0v) is 11.5. The number of imidazole rings is 1. The molecular weight excluding hydrogens is 226 g/mol. The molecule has 0 aliphatic carbocycles. The van der Waals surface area contributed by atoms with Crippen molar-refractivity contribution in [2.24, 2.45) is 0 Å². The minimum Gasteiger partial charge on any atom is -0.383 e. The zero-order chi connectivity index (χ0) is 13.3. The average Bonchev–Trinajstić information content (AvgIpc) is 2.93. The van der Waals surface area contributed by atoms with E-state index in [1.807, 2.05) is 17.1 Å². The van der Waals surface area contributed by atoms with E-state index in [1.165, 1.54) is 0 Å². The molecule has 2 heterocycles. The first kappa shape index (κ1) is 12.7. The summed E-state index contributed by atoms with van der Waals surface area (Å²) < 4.78 is 3.98. The number of nitrogens with two attached hydrogens (primary N) is 1. The monoisotopic (exact) mass is 247 g/mol. The Morgan fingerprint density at radius 2 is 2.06 bits per heavy atom. The van der Waals surface area contributed by atoms with Crippen LogP contribution in [0.4, 0.5) is 5.82 Å². The largest absolute Gasteiger partial charge is 0.383 e. The summed E-state index contributed by atoms with van der Waals surface area (Å²) in [5.74, 6) is 1.76. The maximum absolute atomic E-state index is 6.17. The Morgan fingerprint density at radius 1 is 1.33 bits per heavy atom. The van der Waals surface area contributed by atoms with Gasteiger partial charge in [0.2, 0.25) is 0 Å². The van der Waals surface area contributed by atoms with E-state index in [0.29, 0.717) is 6.04 Å². The van der Waals surface area contributed by atoms with Crippen LogP contribution in [0.2, 0.25) is 0 Å². The summed E-state index contributed by atoms with van der Waals surface area (Å²) in [6, 6.07) is 0.346. The van der Waals surface area contributed by atoms with Crippen molar-refractivity contribution >= 4 is 5.82 Å². The number of rotatable bonds is 4. The lowest BCUT2D eigenvalue weighted by Gasteiger charge is -2.04. The fraction of sp³-hybridized carbons (Fsp3) is 0.538. The van der Waals surface area contributed by atoms with Crippen LogP contribution >= 0.6 is 0 Å². The van der Waals surface area contributed by atoms with E-state index >= 15 is 0 Å². The molecule has 0 fully saturated rings. The van der Waals surface area contributed by atoms with Crippen LogP contribution in [0.25, 0.3) is 11.3 Å². The van der Waals surface area contributed by atoms with Crippen LogP contribution in [0, 0.1) is 0 Å². The van der Waals surface area contributed by atoms with E-state index in [9.17, 15) is 0 Å². The van der Waals surface area contributed by atoms with Crippen molar-refractivity contribution in [1.82, 2.24) is 19.3 Å². The van der Waals surface area contributed by atoms with Crippen LogP contribution < -0.4 is 5.73 Å². The second kappa shape index (κ2) is 4.84. The molecule has 0 aliphatic heterocycles. The van der Waals surface area contributed by atoms with E-state index in [-0.39, 0.29) is 0 Å². The SMILES string of the molecule is CCc1nc(-c2cnn(C(C)C)c2)c(N)n1CC. The molecule has 2 aromatic rings. The lowest BCUT2D eigenvalue weighted by molar-refractivity contribution is 0.532. The molecule has 0 amide bonds. The molecule has 18 heavy (non-hydrogen) atoms. The number of nitrogens with zero attached hydrogens (tertiary/aromatic N) is 4. The molecule has 0 atom stereocenters. The van der Waals surface area contributed by atoms with Gasteiger partial charge in [0.05, 0.1) is 6.20 Å². The van der Waals surface area contributed by atoms with Crippen molar-refractivity contribution in [2.45, 2.75) is 46.7 Å². The first-order valence-electron chi connectivity index (χ1n) is 6.47. The molecule has 0 saturated heterocycles. The molecule has 0 aliphatic rings. The highest BCUT2D eigenvalue weighted by Crippen LogP contribution is 2.26. The molecule has 0 radical (unpaired) electrons. The molecule has 2 aromatic heterocycles. The summed E-state index contributed by atoms with van der Waals surface area (Å²) in [7, 11) is 0. The van der Waals surface area contributed by atoms with Gasteiger partial charge in [-0.1, -0.05) is 6.92 Å². The van der Waals surface area contributed by atoms with Gasteiger partial charge in [0.1, 0.15) is 17.3 Å². The lowest BCUT2D eigenvalue weighted by atomic mass is 10.2. The minimum absolute atomic E-state index is 0.346. The highest BCUT2D eigenvalue weighted by atomic mass is 15.3. The van der Waals surface area contributed by atoms with Gasteiger partial charge in [0, 0.05) is 30.8 Å². The number of aromatic nitrogens is 4. The van der Waals surface area contributed by atoms with E-state index in [0.717, 1.165) is 35.9 Å². The van der Waals surface area contributed by atoms with Crippen molar-refractivity contribution in [1.29, 1.82) is 0 Å². The molecule has 0 bridgehead atoms. The fourth-order valence-corrected chi connectivity index (χ4v) is 2.09. The van der Waals surface area contributed by atoms with Gasteiger partial charge in [-0.3, -0.25) is 4.68 Å². The quantitative estimate of drug-likeness (QED) is 0.903. The van der Waals surface area contributed by atoms with Crippen molar-refractivity contribution in [3.63, 3.8) is 0 Å². The highest BCUT2D eigenvalue weighted by molar-refractivity contribution is 5.70. The fourth-order valence-electron chi connectivity index (χ4n) is 2.09. The second-order valence-corrected chi connectivity index (χ2v) is 4.66. The van der Waals surface area contributed by atoms with Crippen LogP contribution in [-0.2, 0) is 13.0 Å². The Bertz CT molecular complexity index is 536. The topological polar surface area (TPSA) is 61.7 Å². The van der Waals surface area contributed by atoms with Gasteiger partial charge >= 0.3 is 0 Å². The van der Waals surface area contributed by atoms with Crippen LogP contribution in [0.15, 0.2) is 12.4 Å². The van der Waals surface area contributed by atoms with Crippen LogP contribution in [0.1, 0.15) is 39.6 Å². The van der Waals surface area contributed by atoms with Gasteiger partial charge in [0.25, 0.3) is 0 Å². The Kier molecular flexibility index (Phi) is 3.41. The normalized spacial score (nSPS) is 11.4. The van der Waals surface area contributed by atoms with Crippen LogP contribution in [-0.4, -0.2) is 19.3 Å². The van der Waals surface area contributed by atoms with Gasteiger partial charge in [-0.05, 0) is 20.8 Å². The van der Waals surface area contributed by atoms with Gasteiger partial charge in [-0.2, -0.15) is 5.10 Å². The molecule has 0 saturated carbocycles. The summed E-state index contributed by atoms with van der Waals surface area (Å²) >= 11 is 0. The highest BCUT2D eigenvalue weighted by Gasteiger charge is 2.15. The predicted octanol–water partition coefficient (Wildman–Crippen LogP) is 2.49. The van der Waals surface area contributed by atoms with Crippen molar-refractivity contribution in [3.8, 4) is 11.3 Å². The zero-order valence-electron chi connectivity index (χ0n) is 11.5. The number of hydrogen-bond acceptors (Lipinski definition) is 3.